The van der Waals surface area contributed by atoms with Gasteiger partial charge in [0.25, 0.3) is 0 Å². The van der Waals surface area contributed by atoms with Crippen molar-refractivity contribution in [1.29, 1.82) is 0 Å². The molecule has 0 saturated carbocycles. The molecule has 0 N–H and O–H groups in total. The van der Waals surface area contributed by atoms with Crippen LogP contribution in [0.3, 0.4) is 0 Å². The number of ketones is 2. The van der Waals surface area contributed by atoms with E-state index in [9.17, 15) is 9.59 Å². The van der Waals surface area contributed by atoms with E-state index in [1.807, 2.05) is 22.7 Å². The topological polar surface area (TPSA) is 52.6 Å². The fraction of sp³-hybridized carbons (Fsp3) is 0.444. The van der Waals surface area contributed by atoms with Crippen LogP contribution in [0.2, 0.25) is 0 Å². The summed E-state index contributed by atoms with van der Waals surface area (Å²) >= 11 is 8.96. The van der Waals surface area contributed by atoms with Crippen molar-refractivity contribution in [3.8, 4) is 31.0 Å². The molecule has 0 spiro atoms. The second-order valence-corrected chi connectivity index (χ2v) is 26.9. The molecule has 0 radical (unpaired) electrons. The van der Waals surface area contributed by atoms with Gasteiger partial charge >= 0.3 is 0 Å². The first-order valence-corrected chi connectivity index (χ1v) is 26.3. The molecular formula is C54H62O4S5. The predicted octanol–water partition coefficient (Wildman–Crippen LogP) is 16.0. The minimum absolute atomic E-state index is 0.133. The third kappa shape index (κ3) is 8.10. The lowest BCUT2D eigenvalue weighted by atomic mass is 9.64. The highest BCUT2D eigenvalue weighted by atomic mass is 32.1. The Morgan fingerprint density at radius 1 is 0.444 bits per heavy atom. The van der Waals surface area contributed by atoms with Gasteiger partial charge in [0.1, 0.15) is 13.2 Å². The second-order valence-electron chi connectivity index (χ2n) is 21.8. The van der Waals surface area contributed by atoms with Crippen LogP contribution in [-0.2, 0) is 20.4 Å². The van der Waals surface area contributed by atoms with Gasteiger partial charge in [-0.1, -0.05) is 120 Å². The maximum absolute atomic E-state index is 14.5. The van der Waals surface area contributed by atoms with E-state index in [1.165, 1.54) is 29.3 Å². The van der Waals surface area contributed by atoms with Gasteiger partial charge in [0.2, 0.25) is 0 Å². The fourth-order valence-electron chi connectivity index (χ4n) is 9.26. The van der Waals surface area contributed by atoms with Crippen LogP contribution >= 0.6 is 56.7 Å². The average Bonchev–Trinajstić information content (AvgIpc) is 4.05. The molecular weight excluding hydrogens is 873 g/mol. The molecule has 1 aliphatic heterocycles. The normalized spacial score (nSPS) is 19.0. The Bertz CT molecular complexity index is 2430. The molecule has 9 heteroatoms. The van der Waals surface area contributed by atoms with Gasteiger partial charge in [-0.2, -0.15) is 0 Å². The largest absolute Gasteiger partial charge is 0.485 e. The van der Waals surface area contributed by atoms with Gasteiger partial charge in [-0.3, -0.25) is 9.59 Å². The summed E-state index contributed by atoms with van der Waals surface area (Å²) in [4.78, 5) is 38.5. The molecule has 0 aromatic carbocycles. The molecule has 0 bridgehead atoms. The lowest BCUT2D eigenvalue weighted by Gasteiger charge is -2.40. The highest BCUT2D eigenvalue weighted by Gasteiger charge is 2.52. The molecule has 0 fully saturated rings. The molecule has 2 atom stereocenters. The Kier molecular flexibility index (Phi) is 11.7. The van der Waals surface area contributed by atoms with E-state index < -0.39 is 10.8 Å². The Labute approximate surface area is 395 Å². The zero-order valence-electron chi connectivity index (χ0n) is 39.3. The van der Waals surface area contributed by atoms with Crippen LogP contribution < -0.4 is 9.47 Å². The maximum Gasteiger partial charge on any atom is 0.185 e. The zero-order valence-corrected chi connectivity index (χ0v) is 43.4. The lowest BCUT2D eigenvalue weighted by molar-refractivity contribution is -0.115. The quantitative estimate of drug-likeness (QED) is 0.156. The van der Waals surface area contributed by atoms with E-state index in [4.69, 9.17) is 9.47 Å². The number of allylic oxidation sites excluding steroid dienone is 8. The van der Waals surface area contributed by atoms with Crippen molar-refractivity contribution < 1.29 is 19.1 Å². The molecule has 4 nitrogen and oxygen atoms in total. The van der Waals surface area contributed by atoms with Crippen LogP contribution in [0.15, 0.2) is 106 Å². The Morgan fingerprint density at radius 3 is 1.06 bits per heavy atom. The summed E-state index contributed by atoms with van der Waals surface area (Å²) in [5, 5.41) is 4.27. The van der Waals surface area contributed by atoms with E-state index in [-0.39, 0.29) is 45.1 Å². The highest BCUT2D eigenvalue weighted by molar-refractivity contribution is 7.22. The number of carbonyl (C=O) groups excluding carboxylic acids is 2. The van der Waals surface area contributed by atoms with E-state index in [2.05, 4.69) is 181 Å². The first-order valence-electron chi connectivity index (χ1n) is 22.0. The van der Waals surface area contributed by atoms with Crippen molar-refractivity contribution in [2.24, 2.45) is 33.5 Å². The molecule has 332 valence electrons. The Morgan fingerprint density at radius 2 is 0.778 bits per heavy atom. The highest BCUT2D eigenvalue weighted by Crippen LogP contribution is 2.63. The number of ether oxygens (including phenoxy) is 2. The first-order chi connectivity index (χ1) is 29.3. The third-order valence-electron chi connectivity index (χ3n) is 13.0. The van der Waals surface area contributed by atoms with Crippen molar-refractivity contribution in [2.75, 3.05) is 13.2 Å². The molecule has 2 aliphatic carbocycles. The van der Waals surface area contributed by atoms with E-state index >= 15 is 0 Å². The lowest BCUT2D eigenvalue weighted by Crippen LogP contribution is -2.37. The van der Waals surface area contributed by atoms with Crippen LogP contribution in [0.1, 0.15) is 116 Å². The van der Waals surface area contributed by atoms with E-state index in [0.717, 1.165) is 43.5 Å². The van der Waals surface area contributed by atoms with Crippen LogP contribution in [0.4, 0.5) is 0 Å². The molecule has 6 heterocycles. The third-order valence-corrected chi connectivity index (χ3v) is 19.4. The number of hydrogen-bond acceptors (Lipinski definition) is 9. The van der Waals surface area contributed by atoms with E-state index in [1.54, 1.807) is 34.0 Å². The number of hydrogen-bond donors (Lipinski definition) is 0. The SMILES string of the molecule is CC(C)(C)C1=CC(C(C)(c2ccc(-c3cccs3)s2)c2sc(C(C)(c3ccc(-c4cccs4)s3)C3C=C(C(C)(C)C)C(=O)C(C(C)(C)C)=C3)c3c2OCCO3)C=C(C(C)(C)C)C1=O. The zero-order chi connectivity index (χ0) is 45.7. The standard InChI is InChI=1S/C54H62O4S5/c1-49(2,3)33-27-31(28-34(43(33)55)50(4,5)6)53(13,41-21-19-39(61-41)37-17-15-25-59-37)47-45-46(58-24-23-57-45)48(63-47)54(14,42-22-20-40(62-42)38-18-16-26-60-38)32-29-35(51(7,8)9)44(56)36(30-32)52(10,11)12/h15-22,25-32H,23-24H2,1-14H3. The smallest absolute Gasteiger partial charge is 0.185 e. The fourth-order valence-corrected chi connectivity index (χ4v) is 15.1. The second kappa shape index (κ2) is 16.1. The summed E-state index contributed by atoms with van der Waals surface area (Å²) < 4.78 is 13.9. The molecule has 0 amide bonds. The van der Waals surface area contributed by atoms with Crippen molar-refractivity contribution >= 4 is 68.3 Å². The van der Waals surface area contributed by atoms with Gasteiger partial charge in [-0.05, 0) is 82.7 Å². The van der Waals surface area contributed by atoms with Crippen LogP contribution in [-0.4, -0.2) is 24.8 Å². The van der Waals surface area contributed by atoms with Gasteiger partial charge in [0.05, 0.1) is 9.75 Å². The van der Waals surface area contributed by atoms with Gasteiger partial charge in [-0.15, -0.1) is 56.7 Å². The molecule has 2 unspecified atom stereocenters. The van der Waals surface area contributed by atoms with Crippen molar-refractivity contribution in [1.82, 2.24) is 0 Å². The first kappa shape index (κ1) is 45.9. The number of carbonyl (C=O) groups is 2. The molecule has 5 aromatic heterocycles. The van der Waals surface area contributed by atoms with Crippen LogP contribution in [0, 0.1) is 33.5 Å². The van der Waals surface area contributed by atoms with Gasteiger partial charge < -0.3 is 9.47 Å². The molecule has 63 heavy (non-hydrogen) atoms. The summed E-state index contributed by atoms with van der Waals surface area (Å²) in [7, 11) is 0. The van der Waals surface area contributed by atoms with E-state index in [0.29, 0.717) is 13.2 Å². The molecule has 5 aromatic rings. The number of thiophene rings is 5. The van der Waals surface area contributed by atoms with Crippen molar-refractivity contribution in [3.05, 3.63) is 125 Å². The molecule has 0 saturated heterocycles. The minimum atomic E-state index is -0.665. The van der Waals surface area contributed by atoms with Gasteiger partial charge in [0.15, 0.2) is 23.1 Å². The van der Waals surface area contributed by atoms with Gasteiger partial charge in [0, 0.05) is 74.2 Å². The summed E-state index contributed by atoms with van der Waals surface area (Å²) in [5.74, 6) is 1.48. The summed E-state index contributed by atoms with van der Waals surface area (Å²) in [5.41, 5.74) is 0.570. The Balaban J connectivity index is 1.45. The number of rotatable bonds is 8. The maximum atomic E-state index is 14.5. The monoisotopic (exact) mass is 934 g/mol. The summed E-state index contributed by atoms with van der Waals surface area (Å²) in [6, 6.07) is 17.7. The Hall–Kier alpha value is -3.60. The minimum Gasteiger partial charge on any atom is -0.485 e. The predicted molar refractivity (Wildman–Crippen MR) is 271 cm³/mol. The van der Waals surface area contributed by atoms with Crippen LogP contribution in [0.25, 0.3) is 19.5 Å². The summed E-state index contributed by atoms with van der Waals surface area (Å²) in [6.07, 6.45) is 9.08. The molecule has 8 rings (SSSR count). The van der Waals surface area contributed by atoms with Crippen molar-refractivity contribution in [2.45, 2.75) is 108 Å². The van der Waals surface area contributed by atoms with Gasteiger partial charge in [-0.25, -0.2) is 0 Å². The number of Topliss-reactive ketones (excluding diaryl/α,β-unsaturated/α-hetero) is 2. The van der Waals surface area contributed by atoms with Crippen molar-refractivity contribution in [3.63, 3.8) is 0 Å². The average molecular weight is 935 g/mol. The van der Waals surface area contributed by atoms with Crippen LogP contribution in [0.5, 0.6) is 11.5 Å². The summed E-state index contributed by atoms with van der Waals surface area (Å²) in [6.45, 7) is 31.5. The number of fused-ring (bicyclic) bond motifs is 1. The molecule has 3 aliphatic rings.